The van der Waals surface area contributed by atoms with E-state index in [9.17, 15) is 0 Å². The van der Waals surface area contributed by atoms with Crippen molar-refractivity contribution in [2.45, 2.75) is 117 Å². The van der Waals surface area contributed by atoms with E-state index in [1.807, 2.05) is 24.5 Å². The summed E-state index contributed by atoms with van der Waals surface area (Å²) in [7, 11) is 0. The Balaban J connectivity index is 1.75. The summed E-state index contributed by atoms with van der Waals surface area (Å²) in [5.74, 6) is 1.83. The third-order valence-electron chi connectivity index (χ3n) is 7.19. The molecule has 0 saturated carbocycles. The van der Waals surface area contributed by atoms with Crippen molar-refractivity contribution < 1.29 is 0 Å². The van der Waals surface area contributed by atoms with E-state index < -0.39 is 0 Å². The fourth-order valence-electron chi connectivity index (χ4n) is 5.09. The Bertz CT molecular complexity index is 895. The summed E-state index contributed by atoms with van der Waals surface area (Å²) in [6.07, 6.45) is 24.8. The maximum Gasteiger partial charge on any atom is 0.138 e. The number of unbranched alkanes of at least 4 members (excludes halogenated alkanes) is 12. The standard InChI is InChI=1S/C34H49N3/c1-3-5-7-9-11-13-15-21-30-27-31(22-16-14-12-10-8-6-4-2)29-32(28-30)37(33-23-17-19-25-35-33)34-24-18-20-26-36-34/h17-20,23-29H,3-16,21-22H2,1-2H3. The van der Waals surface area contributed by atoms with Gasteiger partial charge in [-0.15, -0.1) is 0 Å². The van der Waals surface area contributed by atoms with Crippen LogP contribution in [0.2, 0.25) is 0 Å². The Kier molecular flexibility index (Phi) is 13.8. The molecule has 3 aromatic rings. The van der Waals surface area contributed by atoms with Gasteiger partial charge in [0.25, 0.3) is 0 Å². The fraction of sp³-hybridized carbons (Fsp3) is 0.529. The van der Waals surface area contributed by atoms with E-state index >= 15 is 0 Å². The van der Waals surface area contributed by atoms with Crippen molar-refractivity contribution in [3.63, 3.8) is 0 Å². The lowest BCUT2D eigenvalue weighted by molar-refractivity contribution is 0.587. The number of pyridine rings is 2. The molecule has 2 heterocycles. The van der Waals surface area contributed by atoms with E-state index in [4.69, 9.17) is 9.97 Å². The van der Waals surface area contributed by atoms with Gasteiger partial charge in [-0.3, -0.25) is 4.90 Å². The molecule has 3 rings (SSSR count). The van der Waals surface area contributed by atoms with Crippen LogP contribution >= 0.6 is 0 Å². The maximum absolute atomic E-state index is 4.70. The van der Waals surface area contributed by atoms with Crippen molar-refractivity contribution >= 4 is 17.3 Å². The molecule has 0 N–H and O–H groups in total. The zero-order valence-electron chi connectivity index (χ0n) is 23.5. The first-order valence-electron chi connectivity index (χ1n) is 15.1. The first-order chi connectivity index (χ1) is 18.3. The van der Waals surface area contributed by atoms with Crippen LogP contribution in [0.15, 0.2) is 67.0 Å². The predicted molar refractivity (Wildman–Crippen MR) is 160 cm³/mol. The molecular weight excluding hydrogens is 450 g/mol. The lowest BCUT2D eigenvalue weighted by Gasteiger charge is -2.24. The summed E-state index contributed by atoms with van der Waals surface area (Å²) >= 11 is 0. The number of benzene rings is 1. The number of aromatic nitrogens is 2. The minimum Gasteiger partial charge on any atom is -0.279 e. The van der Waals surface area contributed by atoms with Crippen LogP contribution in [0.1, 0.15) is 115 Å². The summed E-state index contributed by atoms with van der Waals surface area (Å²) in [6, 6.07) is 19.4. The highest BCUT2D eigenvalue weighted by Gasteiger charge is 2.16. The van der Waals surface area contributed by atoms with Crippen LogP contribution in [-0.2, 0) is 12.8 Å². The largest absolute Gasteiger partial charge is 0.279 e. The highest BCUT2D eigenvalue weighted by atomic mass is 15.2. The fourth-order valence-corrected chi connectivity index (χ4v) is 5.09. The van der Waals surface area contributed by atoms with Crippen molar-refractivity contribution in [2.24, 2.45) is 0 Å². The van der Waals surface area contributed by atoms with E-state index in [0.717, 1.165) is 24.5 Å². The number of nitrogens with zero attached hydrogens (tertiary/aromatic N) is 3. The second-order valence-corrected chi connectivity index (χ2v) is 10.5. The molecule has 0 bridgehead atoms. The zero-order chi connectivity index (χ0) is 26.0. The molecule has 0 unspecified atom stereocenters. The van der Waals surface area contributed by atoms with E-state index in [-0.39, 0.29) is 0 Å². The van der Waals surface area contributed by atoms with Crippen molar-refractivity contribution in [2.75, 3.05) is 4.90 Å². The van der Waals surface area contributed by atoms with Gasteiger partial charge in [0.15, 0.2) is 0 Å². The number of aryl methyl sites for hydroxylation is 2. The first-order valence-corrected chi connectivity index (χ1v) is 15.1. The van der Waals surface area contributed by atoms with E-state index in [1.165, 1.54) is 107 Å². The number of rotatable bonds is 19. The molecule has 37 heavy (non-hydrogen) atoms. The third-order valence-corrected chi connectivity index (χ3v) is 7.19. The second-order valence-electron chi connectivity index (χ2n) is 10.5. The molecule has 0 radical (unpaired) electrons. The smallest absolute Gasteiger partial charge is 0.138 e. The predicted octanol–water partition coefficient (Wildman–Crippen LogP) is 10.5. The van der Waals surface area contributed by atoms with Gasteiger partial charge in [-0.2, -0.15) is 0 Å². The van der Waals surface area contributed by atoms with Gasteiger partial charge in [0.05, 0.1) is 0 Å². The summed E-state index contributed by atoms with van der Waals surface area (Å²) in [6.45, 7) is 4.58. The van der Waals surface area contributed by atoms with Gasteiger partial charge in [-0.05, 0) is 73.2 Å². The maximum atomic E-state index is 4.70. The van der Waals surface area contributed by atoms with Crippen LogP contribution in [-0.4, -0.2) is 9.97 Å². The van der Waals surface area contributed by atoms with Crippen LogP contribution in [0.3, 0.4) is 0 Å². The van der Waals surface area contributed by atoms with Gasteiger partial charge >= 0.3 is 0 Å². The highest BCUT2D eigenvalue weighted by Crippen LogP contribution is 2.33. The van der Waals surface area contributed by atoms with Crippen molar-refractivity contribution in [3.05, 3.63) is 78.1 Å². The quantitative estimate of drug-likeness (QED) is 0.154. The van der Waals surface area contributed by atoms with Crippen LogP contribution in [0.5, 0.6) is 0 Å². The van der Waals surface area contributed by atoms with E-state index in [0.29, 0.717) is 0 Å². The number of hydrogen-bond donors (Lipinski definition) is 0. The molecule has 0 aliphatic heterocycles. The highest BCUT2D eigenvalue weighted by molar-refractivity contribution is 5.72. The molecule has 0 spiro atoms. The summed E-state index contributed by atoms with van der Waals surface area (Å²) < 4.78 is 0. The summed E-state index contributed by atoms with van der Waals surface area (Å²) in [5.41, 5.74) is 4.07. The van der Waals surface area contributed by atoms with Crippen LogP contribution in [0.25, 0.3) is 0 Å². The van der Waals surface area contributed by atoms with Crippen LogP contribution in [0.4, 0.5) is 17.3 Å². The van der Waals surface area contributed by atoms with Crippen molar-refractivity contribution in [3.8, 4) is 0 Å². The summed E-state index contributed by atoms with van der Waals surface area (Å²) in [4.78, 5) is 11.6. The Morgan fingerprint density at radius 3 is 1.35 bits per heavy atom. The van der Waals surface area contributed by atoms with Gasteiger partial charge < -0.3 is 0 Å². The van der Waals surface area contributed by atoms with E-state index in [2.05, 4.69) is 61.2 Å². The van der Waals surface area contributed by atoms with Crippen LogP contribution in [0, 0.1) is 0 Å². The second kappa shape index (κ2) is 17.7. The van der Waals surface area contributed by atoms with Gasteiger partial charge in [0.1, 0.15) is 11.6 Å². The molecule has 0 aliphatic carbocycles. The molecule has 200 valence electrons. The minimum absolute atomic E-state index is 0.913. The normalized spacial score (nSPS) is 11.1. The Morgan fingerprint density at radius 1 is 0.514 bits per heavy atom. The lowest BCUT2D eigenvalue weighted by atomic mass is 9.98. The number of hydrogen-bond acceptors (Lipinski definition) is 3. The third kappa shape index (κ3) is 10.7. The van der Waals surface area contributed by atoms with Gasteiger partial charge in [-0.25, -0.2) is 9.97 Å². The molecule has 3 nitrogen and oxygen atoms in total. The summed E-state index contributed by atoms with van der Waals surface area (Å²) in [5, 5.41) is 0. The molecule has 2 aromatic heterocycles. The monoisotopic (exact) mass is 499 g/mol. The molecule has 0 saturated heterocycles. The molecule has 0 atom stereocenters. The molecular formula is C34H49N3. The van der Waals surface area contributed by atoms with Gasteiger partial charge in [0.2, 0.25) is 0 Å². The SMILES string of the molecule is CCCCCCCCCc1cc(CCCCCCCCC)cc(N(c2ccccn2)c2ccccn2)c1. The first kappa shape index (κ1) is 28.9. The Morgan fingerprint density at radius 2 is 0.946 bits per heavy atom. The molecule has 0 amide bonds. The Hall–Kier alpha value is -2.68. The van der Waals surface area contributed by atoms with Crippen molar-refractivity contribution in [1.82, 2.24) is 9.97 Å². The minimum atomic E-state index is 0.913. The van der Waals surface area contributed by atoms with Crippen molar-refractivity contribution in [1.29, 1.82) is 0 Å². The van der Waals surface area contributed by atoms with Crippen LogP contribution < -0.4 is 4.90 Å². The van der Waals surface area contributed by atoms with E-state index in [1.54, 1.807) is 0 Å². The Labute approximate surface area is 226 Å². The van der Waals surface area contributed by atoms with Gasteiger partial charge in [0, 0.05) is 18.1 Å². The molecule has 3 heteroatoms. The van der Waals surface area contributed by atoms with Gasteiger partial charge in [-0.1, -0.05) is 109 Å². The zero-order valence-corrected chi connectivity index (χ0v) is 23.5. The average Bonchev–Trinajstić information content (AvgIpc) is 2.93. The topological polar surface area (TPSA) is 29.0 Å². The lowest BCUT2D eigenvalue weighted by Crippen LogP contribution is -2.13. The molecule has 1 aromatic carbocycles. The average molecular weight is 500 g/mol. The molecule has 0 aliphatic rings. The number of anilines is 3. The molecule has 0 fully saturated rings.